The third kappa shape index (κ3) is 4.94. The third-order valence-corrected chi connectivity index (χ3v) is 5.80. The van der Waals surface area contributed by atoms with Crippen molar-refractivity contribution < 1.29 is 24.2 Å². The van der Waals surface area contributed by atoms with Gasteiger partial charge in [-0.1, -0.05) is 86.5 Å². The van der Waals surface area contributed by atoms with Gasteiger partial charge in [0.1, 0.15) is 6.61 Å². The predicted octanol–water partition coefficient (Wildman–Crippen LogP) is 4.28. The average molecular weight is 463 g/mol. The molecule has 7 nitrogen and oxygen atoms in total. The van der Waals surface area contributed by atoms with Crippen LogP contribution in [0, 0.1) is 0 Å². The minimum Gasteiger partial charge on any atom is -0.479 e. The molecule has 0 saturated carbocycles. The molecular weight excluding hydrogens is 432 g/mol. The standard InChI is InChI=1S/C27H30N2O5/c1-3-4-17-27(25(31)32,26(33)34-18-20-11-6-5-7-12-20)29(24(30)19(2)28)23-16-10-14-21-13-8-9-15-22(21)23/h5-16,19H,3-4,17-18,28H2,1-2H3,(H,31,32)/t19-,27-/m0/s1. The lowest BCUT2D eigenvalue weighted by atomic mass is 9.88. The maximum atomic E-state index is 13.6. The van der Waals surface area contributed by atoms with Gasteiger partial charge in [-0.05, 0) is 30.4 Å². The molecule has 1 amide bonds. The minimum absolute atomic E-state index is 0.115. The van der Waals surface area contributed by atoms with Gasteiger partial charge in [-0.3, -0.25) is 9.69 Å². The Balaban J connectivity index is 2.20. The highest BCUT2D eigenvalue weighted by molar-refractivity contribution is 6.18. The van der Waals surface area contributed by atoms with Crippen LogP contribution in [-0.2, 0) is 25.7 Å². The second-order valence-corrected chi connectivity index (χ2v) is 8.29. The van der Waals surface area contributed by atoms with Gasteiger partial charge in [0.2, 0.25) is 11.4 Å². The number of nitrogens with two attached hydrogens (primary N) is 1. The summed E-state index contributed by atoms with van der Waals surface area (Å²) in [5.41, 5.74) is 4.71. The maximum Gasteiger partial charge on any atom is 0.344 e. The first-order valence-electron chi connectivity index (χ1n) is 11.3. The summed E-state index contributed by atoms with van der Waals surface area (Å²) in [6.07, 6.45) is 0.894. The number of hydrogen-bond donors (Lipinski definition) is 2. The fourth-order valence-corrected chi connectivity index (χ4v) is 3.99. The highest BCUT2D eigenvalue weighted by Gasteiger charge is 2.55. The molecule has 0 heterocycles. The third-order valence-electron chi connectivity index (χ3n) is 5.80. The van der Waals surface area contributed by atoms with Gasteiger partial charge < -0.3 is 15.6 Å². The summed E-state index contributed by atoms with van der Waals surface area (Å²) in [5.74, 6) is -3.13. The van der Waals surface area contributed by atoms with Crippen molar-refractivity contribution in [3.8, 4) is 0 Å². The van der Waals surface area contributed by atoms with E-state index in [2.05, 4.69) is 0 Å². The van der Waals surface area contributed by atoms with Crippen molar-refractivity contribution in [3.05, 3.63) is 78.4 Å². The number of anilines is 1. The van der Waals surface area contributed by atoms with Crippen molar-refractivity contribution in [2.75, 3.05) is 4.90 Å². The van der Waals surface area contributed by atoms with Gasteiger partial charge in [-0.15, -0.1) is 0 Å². The molecule has 0 radical (unpaired) electrons. The molecule has 0 unspecified atom stereocenters. The number of hydrogen-bond acceptors (Lipinski definition) is 5. The summed E-state index contributed by atoms with van der Waals surface area (Å²) in [7, 11) is 0. The number of carbonyl (C=O) groups excluding carboxylic acids is 2. The van der Waals surface area contributed by atoms with E-state index in [0.29, 0.717) is 29.5 Å². The number of carboxylic acids is 1. The highest BCUT2D eigenvalue weighted by Crippen LogP contribution is 2.36. The molecule has 34 heavy (non-hydrogen) atoms. The van der Waals surface area contributed by atoms with Gasteiger partial charge in [-0.25, -0.2) is 9.59 Å². The van der Waals surface area contributed by atoms with Crippen molar-refractivity contribution in [1.82, 2.24) is 0 Å². The Morgan fingerprint density at radius 2 is 1.65 bits per heavy atom. The van der Waals surface area contributed by atoms with Crippen LogP contribution in [0.5, 0.6) is 0 Å². The predicted molar refractivity (Wildman–Crippen MR) is 131 cm³/mol. The van der Waals surface area contributed by atoms with Crippen LogP contribution in [0.15, 0.2) is 72.8 Å². The van der Waals surface area contributed by atoms with E-state index in [0.717, 1.165) is 10.3 Å². The average Bonchev–Trinajstić information content (AvgIpc) is 2.85. The Hall–Kier alpha value is -3.71. The van der Waals surface area contributed by atoms with Crippen LogP contribution in [0.25, 0.3) is 10.8 Å². The molecule has 178 valence electrons. The zero-order valence-electron chi connectivity index (χ0n) is 19.4. The number of benzene rings is 3. The van der Waals surface area contributed by atoms with Gasteiger partial charge in [0.05, 0.1) is 11.7 Å². The highest BCUT2D eigenvalue weighted by atomic mass is 16.5. The van der Waals surface area contributed by atoms with E-state index in [1.54, 1.807) is 48.5 Å². The number of unbranched alkanes of at least 4 members (excludes halogenated alkanes) is 1. The summed E-state index contributed by atoms with van der Waals surface area (Å²) < 4.78 is 5.54. The lowest BCUT2D eigenvalue weighted by Gasteiger charge is -2.40. The Kier molecular flexibility index (Phi) is 8.02. The lowest BCUT2D eigenvalue weighted by molar-refractivity contribution is -0.164. The SMILES string of the molecule is CCCC[C@](C(=O)O)(C(=O)OCc1ccccc1)N(C(=O)[C@H](C)N)c1cccc2ccccc12. The molecule has 0 bridgehead atoms. The fraction of sp³-hybridized carbons (Fsp3) is 0.296. The van der Waals surface area contributed by atoms with E-state index in [4.69, 9.17) is 10.5 Å². The fourth-order valence-electron chi connectivity index (χ4n) is 3.99. The van der Waals surface area contributed by atoms with E-state index >= 15 is 0 Å². The van der Waals surface area contributed by atoms with E-state index in [9.17, 15) is 19.5 Å². The van der Waals surface area contributed by atoms with Crippen molar-refractivity contribution in [3.63, 3.8) is 0 Å². The normalized spacial score (nSPS) is 13.6. The summed E-state index contributed by atoms with van der Waals surface area (Å²) in [5, 5.41) is 12.0. The molecule has 0 aliphatic heterocycles. The van der Waals surface area contributed by atoms with Crippen LogP contribution in [-0.4, -0.2) is 34.5 Å². The monoisotopic (exact) mass is 462 g/mol. The van der Waals surface area contributed by atoms with Gasteiger partial charge in [0.15, 0.2) is 0 Å². The van der Waals surface area contributed by atoms with E-state index in [1.165, 1.54) is 6.92 Å². The molecule has 0 aliphatic rings. The van der Waals surface area contributed by atoms with Crippen molar-refractivity contribution in [2.45, 2.75) is 51.3 Å². The van der Waals surface area contributed by atoms with E-state index < -0.39 is 29.4 Å². The summed E-state index contributed by atoms with van der Waals surface area (Å²) in [4.78, 5) is 41.1. The Morgan fingerprint density at radius 1 is 1.00 bits per heavy atom. The summed E-state index contributed by atoms with van der Waals surface area (Å²) in [6.45, 7) is 3.25. The maximum absolute atomic E-state index is 13.6. The quantitative estimate of drug-likeness (QED) is 0.344. The van der Waals surface area contributed by atoms with Gasteiger partial charge in [0, 0.05) is 5.39 Å². The number of fused-ring (bicyclic) bond motifs is 1. The molecule has 0 aromatic heterocycles. The molecule has 3 N–H and O–H groups in total. The number of carbonyl (C=O) groups is 3. The molecule has 0 aliphatic carbocycles. The Bertz CT molecular complexity index is 1160. The van der Waals surface area contributed by atoms with Crippen LogP contribution in [0.1, 0.15) is 38.7 Å². The first kappa shape index (κ1) is 24.9. The zero-order valence-corrected chi connectivity index (χ0v) is 19.4. The number of nitrogens with zero attached hydrogens (tertiary/aromatic N) is 1. The van der Waals surface area contributed by atoms with Crippen LogP contribution >= 0.6 is 0 Å². The molecular formula is C27H30N2O5. The molecule has 0 saturated heterocycles. The van der Waals surface area contributed by atoms with Crippen LogP contribution in [0.3, 0.4) is 0 Å². The Morgan fingerprint density at radius 3 is 2.29 bits per heavy atom. The van der Waals surface area contributed by atoms with Crippen molar-refractivity contribution >= 4 is 34.3 Å². The van der Waals surface area contributed by atoms with Crippen LogP contribution in [0.2, 0.25) is 0 Å². The van der Waals surface area contributed by atoms with Crippen LogP contribution < -0.4 is 10.6 Å². The van der Waals surface area contributed by atoms with Gasteiger partial charge in [-0.2, -0.15) is 0 Å². The zero-order chi connectivity index (χ0) is 24.7. The Labute approximate surface area is 199 Å². The number of amides is 1. The number of rotatable bonds is 10. The minimum atomic E-state index is -2.28. The second kappa shape index (κ2) is 10.9. The first-order valence-corrected chi connectivity index (χ1v) is 11.3. The number of ether oxygens (including phenoxy) is 1. The second-order valence-electron chi connectivity index (χ2n) is 8.29. The van der Waals surface area contributed by atoms with E-state index in [-0.39, 0.29) is 13.0 Å². The van der Waals surface area contributed by atoms with Gasteiger partial charge in [0.25, 0.3) is 0 Å². The van der Waals surface area contributed by atoms with Crippen molar-refractivity contribution in [1.29, 1.82) is 0 Å². The summed E-state index contributed by atoms with van der Waals surface area (Å²) >= 11 is 0. The first-order chi connectivity index (χ1) is 16.3. The number of esters is 1. The number of aliphatic carboxylic acids is 1. The smallest absolute Gasteiger partial charge is 0.344 e. The summed E-state index contributed by atoms with van der Waals surface area (Å²) in [6, 6.07) is 20.4. The molecule has 3 aromatic rings. The largest absolute Gasteiger partial charge is 0.479 e. The lowest BCUT2D eigenvalue weighted by Crippen LogP contribution is -2.65. The topological polar surface area (TPSA) is 110 Å². The van der Waals surface area contributed by atoms with Gasteiger partial charge >= 0.3 is 11.9 Å². The van der Waals surface area contributed by atoms with Crippen molar-refractivity contribution in [2.24, 2.45) is 5.73 Å². The van der Waals surface area contributed by atoms with Crippen LogP contribution in [0.4, 0.5) is 5.69 Å². The molecule has 0 fully saturated rings. The molecule has 3 aromatic carbocycles. The molecule has 7 heteroatoms. The molecule has 3 rings (SSSR count). The number of carboxylic acid groups (broad SMARTS) is 1. The molecule has 2 atom stereocenters. The van der Waals surface area contributed by atoms with E-state index in [1.807, 2.05) is 31.2 Å². The molecule has 0 spiro atoms.